The van der Waals surface area contributed by atoms with Crippen LogP contribution < -0.4 is 15.0 Å². The molecule has 0 atom stereocenters. The molecule has 0 radical (unpaired) electrons. The van der Waals surface area contributed by atoms with Gasteiger partial charge in [-0.3, -0.25) is 4.79 Å². The van der Waals surface area contributed by atoms with Gasteiger partial charge in [-0.2, -0.15) is 5.10 Å². The fraction of sp³-hybridized carbons (Fsp3) is 0.222. The van der Waals surface area contributed by atoms with E-state index in [1.54, 1.807) is 6.07 Å². The topological polar surface area (TPSA) is 90.3 Å². The molecule has 0 unspecified atom stereocenters. The molecule has 3 rings (SSSR count). The summed E-state index contributed by atoms with van der Waals surface area (Å²) in [7, 11) is -3.67. The van der Waals surface area contributed by atoms with Gasteiger partial charge in [0, 0.05) is 18.2 Å². The highest BCUT2D eigenvalue weighted by Crippen LogP contribution is 2.25. The minimum absolute atomic E-state index is 0.0253. The quantitative estimate of drug-likeness (QED) is 0.582. The Labute approximate surface area is 171 Å². The molecule has 7 nitrogen and oxygen atoms in total. The summed E-state index contributed by atoms with van der Waals surface area (Å²) in [6.45, 7) is 2.61. The molecule has 3 aromatic rings. The number of nitrogens with zero attached hydrogens (tertiary/aromatic N) is 2. The lowest BCUT2D eigenvalue weighted by Crippen LogP contribution is -2.31. The normalized spacial score (nSPS) is 11.5. The van der Waals surface area contributed by atoms with E-state index in [4.69, 9.17) is 16.3 Å². The predicted octanol–water partition coefficient (Wildman–Crippen LogP) is 3.00. The Bertz CT molecular complexity index is 1110. The van der Waals surface area contributed by atoms with Crippen molar-refractivity contribution in [1.29, 1.82) is 0 Å². The number of sulfonamides is 1. The van der Waals surface area contributed by atoms with E-state index in [2.05, 4.69) is 9.82 Å². The van der Waals surface area contributed by atoms with Gasteiger partial charge in [-0.05, 0) is 49.4 Å². The Morgan fingerprint density at radius 1 is 1.14 bits per heavy atom. The monoisotopic (exact) mass is 439 g/mol. The van der Waals surface area contributed by atoms with E-state index in [9.17, 15) is 13.2 Å². The van der Waals surface area contributed by atoms with Crippen LogP contribution in [-0.2, 0) is 16.6 Å². The molecule has 0 saturated heterocycles. The first-order valence-electron chi connectivity index (χ1n) is 8.45. The van der Waals surface area contributed by atoms with Crippen molar-refractivity contribution >= 4 is 33.0 Å². The lowest BCUT2D eigenvalue weighted by atomic mass is 10.1. The van der Waals surface area contributed by atoms with Crippen molar-refractivity contribution < 1.29 is 13.2 Å². The molecule has 2 aromatic heterocycles. The molecule has 2 heterocycles. The molecular formula is C18H18ClN3O4S2. The molecule has 0 spiro atoms. The summed E-state index contributed by atoms with van der Waals surface area (Å²) in [4.78, 5) is 12.1. The lowest BCUT2D eigenvalue weighted by molar-refractivity contribution is 0.340. The average molecular weight is 440 g/mol. The highest BCUT2D eigenvalue weighted by Gasteiger charge is 2.16. The van der Waals surface area contributed by atoms with Gasteiger partial charge in [0.05, 0.1) is 23.2 Å². The van der Waals surface area contributed by atoms with Crippen molar-refractivity contribution in [3.8, 4) is 17.0 Å². The van der Waals surface area contributed by atoms with Crippen LogP contribution in [0.5, 0.6) is 5.75 Å². The third-order valence-corrected chi connectivity index (χ3v) is 6.94. The van der Waals surface area contributed by atoms with Gasteiger partial charge in [-0.1, -0.05) is 11.6 Å². The van der Waals surface area contributed by atoms with Crippen molar-refractivity contribution in [3.63, 3.8) is 0 Å². The third kappa shape index (κ3) is 4.99. The van der Waals surface area contributed by atoms with E-state index in [-0.39, 0.29) is 22.9 Å². The Morgan fingerprint density at radius 3 is 2.54 bits per heavy atom. The van der Waals surface area contributed by atoms with E-state index in [0.29, 0.717) is 16.6 Å². The van der Waals surface area contributed by atoms with Crippen molar-refractivity contribution in [3.05, 3.63) is 63.2 Å². The van der Waals surface area contributed by atoms with Crippen LogP contribution >= 0.6 is 22.9 Å². The highest BCUT2D eigenvalue weighted by atomic mass is 35.5. The number of benzene rings is 1. The number of hydrogen-bond acceptors (Lipinski definition) is 6. The van der Waals surface area contributed by atoms with E-state index >= 15 is 0 Å². The van der Waals surface area contributed by atoms with Crippen LogP contribution in [0, 0.1) is 0 Å². The minimum atomic E-state index is -3.67. The first-order valence-corrected chi connectivity index (χ1v) is 11.1. The second-order valence-corrected chi connectivity index (χ2v) is 9.40. The molecule has 1 aromatic carbocycles. The van der Waals surface area contributed by atoms with Gasteiger partial charge < -0.3 is 4.74 Å². The summed E-state index contributed by atoms with van der Waals surface area (Å²) in [5.41, 5.74) is 1.12. The maximum absolute atomic E-state index is 12.2. The second-order valence-electron chi connectivity index (χ2n) is 5.69. The van der Waals surface area contributed by atoms with E-state index in [1.165, 1.54) is 22.9 Å². The van der Waals surface area contributed by atoms with Gasteiger partial charge in [0.15, 0.2) is 0 Å². The number of halogens is 1. The van der Waals surface area contributed by atoms with Crippen molar-refractivity contribution in [2.75, 3.05) is 13.2 Å². The van der Waals surface area contributed by atoms with Crippen molar-refractivity contribution in [2.45, 2.75) is 17.7 Å². The minimum Gasteiger partial charge on any atom is -0.494 e. The lowest BCUT2D eigenvalue weighted by Gasteiger charge is -2.09. The van der Waals surface area contributed by atoms with E-state index in [1.807, 2.05) is 31.2 Å². The van der Waals surface area contributed by atoms with Crippen LogP contribution in [0.1, 0.15) is 6.92 Å². The molecule has 10 heteroatoms. The van der Waals surface area contributed by atoms with Crippen LogP contribution in [0.25, 0.3) is 11.3 Å². The molecule has 0 bridgehead atoms. The number of hydrogen-bond donors (Lipinski definition) is 1. The molecule has 0 aliphatic rings. The Morgan fingerprint density at radius 2 is 1.89 bits per heavy atom. The number of thiophene rings is 1. The third-order valence-electron chi connectivity index (χ3n) is 3.76. The largest absolute Gasteiger partial charge is 0.494 e. The number of nitrogens with one attached hydrogen (secondary N) is 1. The smallest absolute Gasteiger partial charge is 0.266 e. The van der Waals surface area contributed by atoms with Crippen LogP contribution in [-0.4, -0.2) is 31.3 Å². The standard InChI is InChI=1S/C18H18ClN3O4S2/c1-2-26-14-5-3-13(4-6-14)15-7-9-17(23)22(21-15)12-11-20-28(24,25)18-10-8-16(19)27-18/h3-10,20H,2,11-12H2,1H3. The zero-order valence-corrected chi connectivity index (χ0v) is 17.4. The molecule has 28 heavy (non-hydrogen) atoms. The molecule has 0 amide bonds. The summed E-state index contributed by atoms with van der Waals surface area (Å²) in [6.07, 6.45) is 0. The first-order chi connectivity index (χ1) is 13.4. The predicted molar refractivity (Wildman–Crippen MR) is 110 cm³/mol. The summed E-state index contributed by atoms with van der Waals surface area (Å²) in [5.74, 6) is 0.752. The Kier molecular flexibility index (Phi) is 6.50. The van der Waals surface area contributed by atoms with Crippen molar-refractivity contribution in [1.82, 2.24) is 14.5 Å². The first kappa shape index (κ1) is 20.5. The number of ether oxygens (including phenoxy) is 1. The van der Waals surface area contributed by atoms with Crippen LogP contribution in [0.3, 0.4) is 0 Å². The van der Waals surface area contributed by atoms with Gasteiger partial charge >= 0.3 is 0 Å². The average Bonchev–Trinajstić information content (AvgIpc) is 3.12. The van der Waals surface area contributed by atoms with E-state index < -0.39 is 10.0 Å². The molecule has 0 aliphatic heterocycles. The zero-order valence-electron chi connectivity index (χ0n) is 15.0. The van der Waals surface area contributed by atoms with E-state index in [0.717, 1.165) is 22.6 Å². The summed E-state index contributed by atoms with van der Waals surface area (Å²) >= 11 is 6.75. The second kappa shape index (κ2) is 8.87. The molecule has 148 valence electrons. The summed E-state index contributed by atoms with van der Waals surface area (Å²) < 4.78 is 34.0. The van der Waals surface area contributed by atoms with Gasteiger partial charge in [-0.15, -0.1) is 11.3 Å². The fourth-order valence-corrected chi connectivity index (χ4v) is 5.00. The maximum Gasteiger partial charge on any atom is 0.266 e. The Balaban J connectivity index is 1.70. The number of aromatic nitrogens is 2. The molecule has 0 aliphatic carbocycles. The SMILES string of the molecule is CCOc1ccc(-c2ccc(=O)n(CCNS(=O)(=O)c3ccc(Cl)s3)n2)cc1. The highest BCUT2D eigenvalue weighted by molar-refractivity contribution is 7.91. The van der Waals surface area contributed by atoms with Gasteiger partial charge in [0.25, 0.3) is 5.56 Å². The van der Waals surface area contributed by atoms with Gasteiger partial charge in [-0.25, -0.2) is 17.8 Å². The number of rotatable bonds is 8. The molecule has 0 fully saturated rings. The molecular weight excluding hydrogens is 422 g/mol. The maximum atomic E-state index is 12.2. The van der Waals surface area contributed by atoms with Crippen molar-refractivity contribution in [2.24, 2.45) is 0 Å². The summed E-state index contributed by atoms with van der Waals surface area (Å²) in [6, 6.07) is 13.4. The van der Waals surface area contributed by atoms with Gasteiger partial charge in [0.2, 0.25) is 10.0 Å². The molecule has 0 saturated carbocycles. The van der Waals surface area contributed by atoms with Crippen LogP contribution in [0.2, 0.25) is 4.34 Å². The Hall–Kier alpha value is -2.20. The van der Waals surface area contributed by atoms with Crippen LogP contribution in [0.15, 0.2) is 57.5 Å². The van der Waals surface area contributed by atoms with Crippen LogP contribution in [0.4, 0.5) is 0 Å². The summed E-state index contributed by atoms with van der Waals surface area (Å²) in [5, 5.41) is 4.32. The zero-order chi connectivity index (χ0) is 20.1. The molecule has 1 N–H and O–H groups in total. The fourth-order valence-electron chi connectivity index (χ4n) is 2.45. The van der Waals surface area contributed by atoms with Gasteiger partial charge in [0.1, 0.15) is 9.96 Å².